The number of nitrogen functional groups attached to an aromatic ring is 1. The fourth-order valence-corrected chi connectivity index (χ4v) is 2.36. The molecule has 14 heavy (non-hydrogen) atoms. The van der Waals surface area contributed by atoms with E-state index in [1.54, 1.807) is 0 Å². The zero-order chi connectivity index (χ0) is 10.1. The van der Waals surface area contributed by atoms with E-state index < -0.39 is 0 Å². The number of rotatable bonds is 1. The molecule has 3 nitrogen and oxygen atoms in total. The molecule has 2 N–H and O–H groups in total. The number of aryl methyl sites for hydroxylation is 1. The van der Waals surface area contributed by atoms with Crippen molar-refractivity contribution < 1.29 is 0 Å². The van der Waals surface area contributed by atoms with E-state index in [0.29, 0.717) is 6.04 Å². The first kappa shape index (κ1) is 9.56. The first-order valence-electron chi connectivity index (χ1n) is 5.51. The smallest absolute Gasteiger partial charge is 0.0826 e. The number of nitrogens with zero attached hydrogens (tertiary/aromatic N) is 2. The van der Waals surface area contributed by atoms with Crippen molar-refractivity contribution >= 4 is 5.69 Å². The Morgan fingerprint density at radius 2 is 1.86 bits per heavy atom. The fourth-order valence-electron chi connectivity index (χ4n) is 2.36. The molecule has 1 heterocycles. The number of aromatic nitrogens is 2. The molecule has 2 rings (SSSR count). The molecule has 3 heteroatoms. The van der Waals surface area contributed by atoms with Crippen LogP contribution in [0.1, 0.15) is 49.5 Å². The third kappa shape index (κ3) is 1.51. The van der Waals surface area contributed by atoms with Crippen LogP contribution in [0, 0.1) is 13.8 Å². The molecule has 0 spiro atoms. The lowest BCUT2D eigenvalue weighted by molar-refractivity contribution is 0.324. The minimum atomic E-state index is 0.597. The average Bonchev–Trinajstić information content (AvgIpc) is 2.47. The highest BCUT2D eigenvalue weighted by Crippen LogP contribution is 2.30. The Morgan fingerprint density at radius 3 is 2.36 bits per heavy atom. The summed E-state index contributed by atoms with van der Waals surface area (Å²) in [6, 6.07) is 0.597. The molecule has 1 aromatic rings. The molecular formula is C11H19N3. The van der Waals surface area contributed by atoms with Crippen molar-refractivity contribution in [1.82, 2.24) is 9.78 Å². The van der Waals surface area contributed by atoms with Crippen LogP contribution in [-0.2, 0) is 0 Å². The molecule has 0 amide bonds. The molecule has 0 atom stereocenters. The number of hydrogen-bond acceptors (Lipinski definition) is 2. The number of hydrogen-bond donors (Lipinski definition) is 1. The molecule has 0 radical (unpaired) electrons. The predicted octanol–water partition coefficient (Wildman–Crippen LogP) is 2.59. The van der Waals surface area contributed by atoms with Gasteiger partial charge in [0.1, 0.15) is 0 Å². The van der Waals surface area contributed by atoms with Gasteiger partial charge in [-0.15, -0.1) is 0 Å². The summed E-state index contributed by atoms with van der Waals surface area (Å²) in [5, 5.41) is 4.53. The standard InChI is InChI=1S/C11H19N3/c1-8-11(12)9(2)14(13-8)10-6-4-3-5-7-10/h10H,3-7,12H2,1-2H3. The molecule has 78 valence electrons. The van der Waals surface area contributed by atoms with Crippen molar-refractivity contribution in [2.75, 3.05) is 5.73 Å². The van der Waals surface area contributed by atoms with Crippen LogP contribution >= 0.6 is 0 Å². The molecule has 0 aliphatic heterocycles. The largest absolute Gasteiger partial charge is 0.396 e. The zero-order valence-corrected chi connectivity index (χ0v) is 9.08. The van der Waals surface area contributed by atoms with E-state index in [1.165, 1.54) is 32.1 Å². The Balaban J connectivity index is 2.26. The maximum Gasteiger partial charge on any atom is 0.0826 e. The fraction of sp³-hybridized carbons (Fsp3) is 0.727. The predicted molar refractivity (Wildman–Crippen MR) is 58.2 cm³/mol. The minimum Gasteiger partial charge on any atom is -0.396 e. The van der Waals surface area contributed by atoms with Gasteiger partial charge in [0, 0.05) is 0 Å². The summed E-state index contributed by atoms with van der Waals surface area (Å²) in [4.78, 5) is 0. The SMILES string of the molecule is Cc1nn(C2CCCCC2)c(C)c1N. The van der Waals surface area contributed by atoms with E-state index >= 15 is 0 Å². The Bertz CT molecular complexity index is 322. The molecule has 1 aliphatic rings. The van der Waals surface area contributed by atoms with Crippen molar-refractivity contribution in [3.63, 3.8) is 0 Å². The first-order valence-corrected chi connectivity index (χ1v) is 5.51. The van der Waals surface area contributed by atoms with Crippen LogP contribution < -0.4 is 5.73 Å². The van der Waals surface area contributed by atoms with Gasteiger partial charge in [0.2, 0.25) is 0 Å². The van der Waals surface area contributed by atoms with Gasteiger partial charge >= 0.3 is 0 Å². The van der Waals surface area contributed by atoms with Crippen molar-refractivity contribution in [1.29, 1.82) is 0 Å². The summed E-state index contributed by atoms with van der Waals surface area (Å²) in [5.74, 6) is 0. The van der Waals surface area contributed by atoms with Gasteiger partial charge in [-0.2, -0.15) is 5.10 Å². The summed E-state index contributed by atoms with van der Waals surface area (Å²) in [5.41, 5.74) is 8.92. The third-order valence-corrected chi connectivity index (χ3v) is 3.30. The summed E-state index contributed by atoms with van der Waals surface area (Å²) >= 11 is 0. The van der Waals surface area contributed by atoms with Gasteiger partial charge in [-0.25, -0.2) is 0 Å². The second-order valence-electron chi connectivity index (χ2n) is 4.32. The molecule has 1 aliphatic carbocycles. The molecule has 0 aromatic carbocycles. The van der Waals surface area contributed by atoms with Crippen molar-refractivity contribution in [3.8, 4) is 0 Å². The summed E-state index contributed by atoms with van der Waals surface area (Å²) in [7, 11) is 0. The molecule has 0 unspecified atom stereocenters. The van der Waals surface area contributed by atoms with Gasteiger partial charge < -0.3 is 5.73 Å². The topological polar surface area (TPSA) is 43.8 Å². The number of nitrogens with two attached hydrogens (primary N) is 1. The number of anilines is 1. The van der Waals surface area contributed by atoms with Crippen molar-refractivity contribution in [2.45, 2.75) is 52.0 Å². The summed E-state index contributed by atoms with van der Waals surface area (Å²) in [6.07, 6.45) is 6.58. The molecule has 1 saturated carbocycles. The van der Waals surface area contributed by atoms with Gasteiger partial charge in [0.05, 0.1) is 23.1 Å². The van der Waals surface area contributed by atoms with Crippen LogP contribution in [0.5, 0.6) is 0 Å². The monoisotopic (exact) mass is 193 g/mol. The highest BCUT2D eigenvalue weighted by molar-refractivity contribution is 5.46. The first-order chi connectivity index (χ1) is 6.70. The summed E-state index contributed by atoms with van der Waals surface area (Å²) in [6.45, 7) is 4.06. The van der Waals surface area contributed by atoms with Crippen molar-refractivity contribution in [2.24, 2.45) is 0 Å². The van der Waals surface area contributed by atoms with Crippen molar-refractivity contribution in [3.05, 3.63) is 11.4 Å². The van der Waals surface area contributed by atoms with Crippen LogP contribution in [-0.4, -0.2) is 9.78 Å². The summed E-state index contributed by atoms with van der Waals surface area (Å²) < 4.78 is 2.14. The van der Waals surface area contributed by atoms with Gasteiger partial charge in [0.15, 0.2) is 0 Å². The van der Waals surface area contributed by atoms with Gasteiger partial charge in [-0.1, -0.05) is 19.3 Å². The third-order valence-electron chi connectivity index (χ3n) is 3.30. The normalized spacial score (nSPS) is 18.7. The van der Waals surface area contributed by atoms with E-state index in [-0.39, 0.29) is 0 Å². The van der Waals surface area contributed by atoms with E-state index in [0.717, 1.165) is 17.1 Å². The van der Waals surface area contributed by atoms with Gasteiger partial charge in [-0.3, -0.25) is 4.68 Å². The van der Waals surface area contributed by atoms with E-state index in [1.807, 2.05) is 6.92 Å². The van der Waals surface area contributed by atoms with Crippen LogP contribution in [0.2, 0.25) is 0 Å². The maximum atomic E-state index is 5.93. The zero-order valence-electron chi connectivity index (χ0n) is 9.08. The van der Waals surface area contributed by atoms with Gasteiger partial charge in [0.25, 0.3) is 0 Å². The van der Waals surface area contributed by atoms with Crippen LogP contribution in [0.25, 0.3) is 0 Å². The quantitative estimate of drug-likeness (QED) is 0.745. The molecule has 1 aromatic heterocycles. The molecule has 1 fully saturated rings. The van der Waals surface area contributed by atoms with Crippen LogP contribution in [0.3, 0.4) is 0 Å². The Morgan fingerprint density at radius 1 is 1.21 bits per heavy atom. The molecular weight excluding hydrogens is 174 g/mol. The van der Waals surface area contributed by atoms with E-state index in [9.17, 15) is 0 Å². The molecule has 0 saturated heterocycles. The average molecular weight is 193 g/mol. The van der Waals surface area contributed by atoms with Gasteiger partial charge in [-0.05, 0) is 26.7 Å². The minimum absolute atomic E-state index is 0.597. The lowest BCUT2D eigenvalue weighted by Gasteiger charge is -2.23. The lowest BCUT2D eigenvalue weighted by atomic mass is 9.95. The van der Waals surface area contributed by atoms with E-state index in [4.69, 9.17) is 5.73 Å². The lowest BCUT2D eigenvalue weighted by Crippen LogP contribution is -2.15. The highest BCUT2D eigenvalue weighted by atomic mass is 15.3. The van der Waals surface area contributed by atoms with Crippen LogP contribution in [0.4, 0.5) is 5.69 Å². The Labute approximate surface area is 85.3 Å². The Hall–Kier alpha value is -0.990. The van der Waals surface area contributed by atoms with Crippen LogP contribution in [0.15, 0.2) is 0 Å². The Kier molecular flexibility index (Phi) is 2.48. The second-order valence-corrected chi connectivity index (χ2v) is 4.32. The maximum absolute atomic E-state index is 5.93. The highest BCUT2D eigenvalue weighted by Gasteiger charge is 2.19. The van der Waals surface area contributed by atoms with E-state index in [2.05, 4.69) is 16.7 Å². The second kappa shape index (κ2) is 3.64. The molecule has 0 bridgehead atoms.